The average Bonchev–Trinajstić information content (AvgIpc) is 3.39. The van der Waals surface area contributed by atoms with Gasteiger partial charge in [-0.3, -0.25) is 0 Å². The fraction of sp³-hybridized carbons (Fsp3) is 0.389. The molecule has 0 amide bonds. The van der Waals surface area contributed by atoms with Gasteiger partial charge in [-0.1, -0.05) is 0 Å². The second kappa shape index (κ2) is 6.86. The number of anilines is 3. The zero-order valence-electron chi connectivity index (χ0n) is 14.2. The number of esters is 1. The van der Waals surface area contributed by atoms with Gasteiger partial charge in [-0.25, -0.2) is 9.78 Å². The predicted octanol–water partition coefficient (Wildman–Crippen LogP) is 3.70. The Morgan fingerprint density at radius 3 is 2.50 bits per heavy atom. The number of carbonyl (C=O) groups excluding carboxylic acids is 1. The number of rotatable bonds is 6. The van der Waals surface area contributed by atoms with Crippen molar-refractivity contribution in [1.29, 1.82) is 0 Å². The third-order valence-corrected chi connectivity index (χ3v) is 3.74. The van der Waals surface area contributed by atoms with Crippen molar-refractivity contribution in [2.45, 2.75) is 38.6 Å². The molecule has 1 aliphatic carbocycles. The van der Waals surface area contributed by atoms with Crippen LogP contribution in [0.5, 0.6) is 0 Å². The minimum atomic E-state index is -0.344. The van der Waals surface area contributed by atoms with Crippen molar-refractivity contribution >= 4 is 23.4 Å². The van der Waals surface area contributed by atoms with Gasteiger partial charge in [-0.2, -0.15) is 4.98 Å². The monoisotopic (exact) mass is 326 g/mol. The Labute approximate surface area is 141 Å². The van der Waals surface area contributed by atoms with Crippen LogP contribution in [0, 0.1) is 0 Å². The van der Waals surface area contributed by atoms with E-state index in [-0.39, 0.29) is 12.0 Å². The first kappa shape index (κ1) is 16.2. The molecule has 0 radical (unpaired) electrons. The number of hydrogen-bond donors (Lipinski definition) is 2. The fourth-order valence-electron chi connectivity index (χ4n) is 2.40. The molecule has 0 atom stereocenters. The number of methoxy groups -OCH3 is 1. The van der Waals surface area contributed by atoms with E-state index in [2.05, 4.69) is 34.4 Å². The molecule has 1 aromatic heterocycles. The van der Waals surface area contributed by atoms with Gasteiger partial charge < -0.3 is 15.4 Å². The van der Waals surface area contributed by atoms with Gasteiger partial charge in [0.15, 0.2) is 0 Å². The number of carbonyl (C=O) groups is 1. The number of benzene rings is 1. The van der Waals surface area contributed by atoms with Crippen molar-refractivity contribution in [3.63, 3.8) is 0 Å². The van der Waals surface area contributed by atoms with Gasteiger partial charge in [0.05, 0.1) is 18.4 Å². The molecule has 0 spiro atoms. The van der Waals surface area contributed by atoms with E-state index >= 15 is 0 Å². The second-order valence-corrected chi connectivity index (χ2v) is 6.27. The van der Waals surface area contributed by atoms with Gasteiger partial charge >= 0.3 is 5.97 Å². The molecule has 1 fully saturated rings. The molecule has 1 aromatic carbocycles. The van der Waals surface area contributed by atoms with Crippen LogP contribution in [0.25, 0.3) is 0 Å². The number of hydrogen-bond acceptors (Lipinski definition) is 6. The van der Waals surface area contributed by atoms with Gasteiger partial charge in [0.1, 0.15) is 5.82 Å². The Balaban J connectivity index is 1.80. The molecule has 6 heteroatoms. The second-order valence-electron chi connectivity index (χ2n) is 6.27. The highest BCUT2D eigenvalue weighted by molar-refractivity contribution is 5.89. The summed E-state index contributed by atoms with van der Waals surface area (Å²) in [6, 6.07) is 9.39. The smallest absolute Gasteiger partial charge is 0.337 e. The van der Waals surface area contributed by atoms with Crippen LogP contribution in [0.15, 0.2) is 30.3 Å². The summed E-state index contributed by atoms with van der Waals surface area (Å²) in [5, 5.41) is 6.54. The van der Waals surface area contributed by atoms with Gasteiger partial charge in [0.2, 0.25) is 5.95 Å². The normalized spacial score (nSPS) is 13.7. The maximum Gasteiger partial charge on any atom is 0.337 e. The molecule has 1 saturated carbocycles. The van der Waals surface area contributed by atoms with Crippen LogP contribution in [0.4, 0.5) is 17.5 Å². The van der Waals surface area contributed by atoms with Crippen LogP contribution in [-0.2, 0) is 4.74 Å². The topological polar surface area (TPSA) is 76.1 Å². The Kier molecular flexibility index (Phi) is 4.64. The maximum absolute atomic E-state index is 11.5. The van der Waals surface area contributed by atoms with E-state index in [4.69, 9.17) is 4.74 Å². The molecule has 0 bridgehead atoms. The minimum absolute atomic E-state index is 0.270. The van der Waals surface area contributed by atoms with Crippen molar-refractivity contribution in [3.05, 3.63) is 41.6 Å². The van der Waals surface area contributed by atoms with Crippen LogP contribution < -0.4 is 10.6 Å². The van der Waals surface area contributed by atoms with Crippen molar-refractivity contribution in [2.75, 3.05) is 17.7 Å². The molecular formula is C18H22N4O2. The summed E-state index contributed by atoms with van der Waals surface area (Å²) < 4.78 is 4.71. The number of aromatic nitrogens is 2. The zero-order valence-corrected chi connectivity index (χ0v) is 14.2. The average molecular weight is 326 g/mol. The van der Waals surface area contributed by atoms with Gasteiger partial charge in [-0.05, 0) is 51.0 Å². The third kappa shape index (κ3) is 4.01. The summed E-state index contributed by atoms with van der Waals surface area (Å²) in [5.41, 5.74) is 2.45. The van der Waals surface area contributed by atoms with Crippen molar-refractivity contribution in [3.8, 4) is 0 Å². The number of nitrogens with one attached hydrogen (secondary N) is 2. The molecule has 0 saturated heterocycles. The highest BCUT2D eigenvalue weighted by Crippen LogP contribution is 2.40. The van der Waals surface area contributed by atoms with E-state index < -0.39 is 0 Å². The molecule has 2 N–H and O–H groups in total. The quantitative estimate of drug-likeness (QED) is 0.788. The summed E-state index contributed by atoms with van der Waals surface area (Å²) >= 11 is 0. The van der Waals surface area contributed by atoms with Crippen LogP contribution >= 0.6 is 0 Å². The lowest BCUT2D eigenvalue weighted by Crippen LogP contribution is -2.14. The summed E-state index contributed by atoms with van der Waals surface area (Å²) in [7, 11) is 1.37. The molecule has 1 heterocycles. The maximum atomic E-state index is 11.5. The molecule has 0 aliphatic heterocycles. The Hall–Kier alpha value is -2.63. The van der Waals surface area contributed by atoms with Crippen molar-refractivity contribution in [2.24, 2.45) is 0 Å². The largest absolute Gasteiger partial charge is 0.465 e. The molecular weight excluding hydrogens is 304 g/mol. The Bertz CT molecular complexity index is 724. The summed E-state index contributed by atoms with van der Waals surface area (Å²) in [5.74, 6) is 1.59. The molecule has 0 unspecified atom stereocenters. The van der Waals surface area contributed by atoms with Gasteiger partial charge in [0.25, 0.3) is 0 Å². The molecule has 3 rings (SSSR count). The van der Waals surface area contributed by atoms with E-state index in [9.17, 15) is 4.79 Å². The first-order chi connectivity index (χ1) is 11.5. The third-order valence-electron chi connectivity index (χ3n) is 3.74. The SMILES string of the molecule is COC(=O)c1ccc(Nc2cc(C3CC3)nc(NC(C)C)n2)cc1. The summed E-state index contributed by atoms with van der Waals surface area (Å²) in [4.78, 5) is 20.6. The van der Waals surface area contributed by atoms with Gasteiger partial charge in [-0.15, -0.1) is 0 Å². The van der Waals surface area contributed by atoms with E-state index in [0.29, 0.717) is 17.4 Å². The summed E-state index contributed by atoms with van der Waals surface area (Å²) in [6.45, 7) is 4.12. The van der Waals surface area contributed by atoms with Crippen LogP contribution in [0.2, 0.25) is 0 Å². The highest BCUT2D eigenvalue weighted by Gasteiger charge is 2.26. The van der Waals surface area contributed by atoms with Gasteiger partial charge in [0, 0.05) is 23.7 Å². The molecule has 1 aliphatic rings. The lowest BCUT2D eigenvalue weighted by molar-refractivity contribution is 0.0601. The highest BCUT2D eigenvalue weighted by atomic mass is 16.5. The standard InChI is InChI=1S/C18H22N4O2/c1-11(2)19-18-21-15(12-4-5-12)10-16(22-18)20-14-8-6-13(7-9-14)17(23)24-3/h6-12H,4-5H2,1-3H3,(H2,19,20,21,22). The minimum Gasteiger partial charge on any atom is -0.465 e. The molecule has 126 valence electrons. The van der Waals surface area contributed by atoms with Crippen molar-refractivity contribution in [1.82, 2.24) is 9.97 Å². The number of nitrogens with zero attached hydrogens (tertiary/aromatic N) is 2. The van der Waals surface area contributed by atoms with Crippen LogP contribution in [-0.4, -0.2) is 29.1 Å². The fourth-order valence-corrected chi connectivity index (χ4v) is 2.40. The lowest BCUT2D eigenvalue weighted by atomic mass is 10.2. The Morgan fingerprint density at radius 1 is 1.21 bits per heavy atom. The first-order valence-corrected chi connectivity index (χ1v) is 8.16. The molecule has 6 nitrogen and oxygen atoms in total. The van der Waals surface area contributed by atoms with Crippen molar-refractivity contribution < 1.29 is 9.53 Å². The van der Waals surface area contributed by atoms with E-state index in [1.807, 2.05) is 18.2 Å². The number of ether oxygens (including phenoxy) is 1. The first-order valence-electron chi connectivity index (χ1n) is 8.16. The zero-order chi connectivity index (χ0) is 17.1. The summed E-state index contributed by atoms with van der Waals surface area (Å²) in [6.07, 6.45) is 2.37. The van der Waals surface area contributed by atoms with E-state index in [1.165, 1.54) is 20.0 Å². The molecule has 2 aromatic rings. The Morgan fingerprint density at radius 2 is 1.92 bits per heavy atom. The predicted molar refractivity (Wildman–Crippen MR) is 93.8 cm³/mol. The van der Waals surface area contributed by atoms with Crippen LogP contribution in [0.3, 0.4) is 0 Å². The lowest BCUT2D eigenvalue weighted by Gasteiger charge is -2.13. The molecule has 24 heavy (non-hydrogen) atoms. The van der Waals surface area contributed by atoms with E-state index in [0.717, 1.165) is 17.2 Å². The van der Waals surface area contributed by atoms with Crippen LogP contribution in [0.1, 0.15) is 48.7 Å². The van der Waals surface area contributed by atoms with E-state index in [1.54, 1.807) is 12.1 Å².